The SMILES string of the molecule is CCc1nn(C)c(OC)c1CNC(=O)N[C@@H]1CCOc2c(C)cccc21. The lowest BCUT2D eigenvalue weighted by Gasteiger charge is -2.27. The van der Waals surface area contributed by atoms with Crippen LogP contribution in [0.4, 0.5) is 4.79 Å². The number of para-hydroxylation sites is 1. The number of carbonyl (C=O) groups excluding carboxylic acids is 1. The number of carbonyl (C=O) groups is 1. The zero-order valence-corrected chi connectivity index (χ0v) is 15.8. The Bertz CT molecular complexity index is 800. The number of aryl methyl sites for hydroxylation is 3. The number of ether oxygens (including phenoxy) is 2. The average Bonchev–Trinajstić information content (AvgIpc) is 2.95. The van der Waals surface area contributed by atoms with E-state index in [-0.39, 0.29) is 12.1 Å². The molecule has 0 aliphatic carbocycles. The highest BCUT2D eigenvalue weighted by molar-refractivity contribution is 5.74. The second kappa shape index (κ2) is 7.68. The number of hydrogen-bond donors (Lipinski definition) is 2. The van der Waals surface area contributed by atoms with Crippen molar-refractivity contribution in [3.8, 4) is 11.6 Å². The number of nitrogens with one attached hydrogen (secondary N) is 2. The Hall–Kier alpha value is -2.70. The van der Waals surface area contributed by atoms with Crippen molar-refractivity contribution in [3.05, 3.63) is 40.6 Å². The van der Waals surface area contributed by atoms with Crippen LogP contribution >= 0.6 is 0 Å². The van der Waals surface area contributed by atoms with Crippen LogP contribution in [0.2, 0.25) is 0 Å². The van der Waals surface area contributed by atoms with E-state index in [1.807, 2.05) is 39.1 Å². The molecule has 1 aliphatic rings. The average molecular weight is 358 g/mol. The Kier molecular flexibility index (Phi) is 5.35. The Morgan fingerprint density at radius 2 is 2.27 bits per heavy atom. The molecule has 1 atom stereocenters. The maximum Gasteiger partial charge on any atom is 0.315 e. The quantitative estimate of drug-likeness (QED) is 0.861. The molecule has 2 amide bonds. The van der Waals surface area contributed by atoms with Crippen molar-refractivity contribution in [3.63, 3.8) is 0 Å². The molecule has 0 bridgehead atoms. The van der Waals surface area contributed by atoms with Crippen LogP contribution in [0.25, 0.3) is 0 Å². The van der Waals surface area contributed by atoms with E-state index in [1.165, 1.54) is 0 Å². The lowest BCUT2D eigenvalue weighted by atomic mass is 9.98. The molecule has 3 rings (SSSR count). The number of methoxy groups -OCH3 is 1. The standard InChI is InChI=1S/C19H26N4O3/c1-5-15-14(18(25-4)23(3)22-15)11-20-19(24)21-16-9-10-26-17-12(2)7-6-8-13(16)17/h6-8,16H,5,9-11H2,1-4H3,(H2,20,21,24)/t16-/m1/s1. The van der Waals surface area contributed by atoms with Gasteiger partial charge in [-0.25, -0.2) is 9.48 Å². The first-order chi connectivity index (χ1) is 12.5. The summed E-state index contributed by atoms with van der Waals surface area (Å²) in [6.45, 7) is 5.02. The van der Waals surface area contributed by atoms with Crippen LogP contribution in [-0.2, 0) is 20.0 Å². The number of rotatable bonds is 5. The van der Waals surface area contributed by atoms with Crippen molar-refractivity contribution in [2.24, 2.45) is 7.05 Å². The van der Waals surface area contributed by atoms with Gasteiger partial charge in [-0.2, -0.15) is 5.10 Å². The van der Waals surface area contributed by atoms with Gasteiger partial charge in [0, 0.05) is 19.0 Å². The van der Waals surface area contributed by atoms with Gasteiger partial charge >= 0.3 is 6.03 Å². The summed E-state index contributed by atoms with van der Waals surface area (Å²) in [6.07, 6.45) is 1.53. The van der Waals surface area contributed by atoms with Gasteiger partial charge in [-0.05, 0) is 18.9 Å². The first kappa shape index (κ1) is 18.1. The topological polar surface area (TPSA) is 77.4 Å². The normalized spacial score (nSPS) is 15.8. The van der Waals surface area contributed by atoms with Crippen molar-refractivity contribution in [1.29, 1.82) is 0 Å². The van der Waals surface area contributed by atoms with Gasteiger partial charge in [0.25, 0.3) is 0 Å². The fourth-order valence-electron chi connectivity index (χ4n) is 3.43. The monoisotopic (exact) mass is 358 g/mol. The lowest BCUT2D eigenvalue weighted by molar-refractivity contribution is 0.222. The fourth-order valence-corrected chi connectivity index (χ4v) is 3.43. The van der Waals surface area contributed by atoms with Crippen LogP contribution in [0.5, 0.6) is 11.6 Å². The molecule has 0 spiro atoms. The van der Waals surface area contributed by atoms with E-state index in [1.54, 1.807) is 11.8 Å². The van der Waals surface area contributed by atoms with Gasteiger partial charge in [0.1, 0.15) is 5.75 Å². The van der Waals surface area contributed by atoms with Crippen molar-refractivity contribution in [2.45, 2.75) is 39.3 Å². The minimum Gasteiger partial charge on any atom is -0.493 e. The second-order valence-electron chi connectivity index (χ2n) is 6.42. The van der Waals surface area contributed by atoms with E-state index in [0.29, 0.717) is 19.0 Å². The molecule has 1 aliphatic heterocycles. The van der Waals surface area contributed by atoms with Crippen LogP contribution in [0.1, 0.15) is 41.8 Å². The maximum atomic E-state index is 12.5. The van der Waals surface area contributed by atoms with Crippen LogP contribution in [0, 0.1) is 6.92 Å². The number of amides is 2. The molecule has 0 radical (unpaired) electrons. The summed E-state index contributed by atoms with van der Waals surface area (Å²) in [4.78, 5) is 12.5. The Balaban J connectivity index is 1.67. The molecular weight excluding hydrogens is 332 g/mol. The van der Waals surface area contributed by atoms with Crippen LogP contribution in [0.15, 0.2) is 18.2 Å². The van der Waals surface area contributed by atoms with Crippen LogP contribution in [-0.4, -0.2) is 29.5 Å². The zero-order chi connectivity index (χ0) is 18.7. The number of benzene rings is 1. The largest absolute Gasteiger partial charge is 0.493 e. The number of hydrogen-bond acceptors (Lipinski definition) is 4. The molecular formula is C19H26N4O3. The van der Waals surface area contributed by atoms with E-state index in [4.69, 9.17) is 9.47 Å². The highest BCUT2D eigenvalue weighted by Crippen LogP contribution is 2.34. The van der Waals surface area contributed by atoms with E-state index in [2.05, 4.69) is 15.7 Å². The van der Waals surface area contributed by atoms with E-state index in [9.17, 15) is 4.79 Å². The molecule has 1 aromatic heterocycles. The molecule has 1 aromatic carbocycles. The van der Waals surface area contributed by atoms with Crippen LogP contribution in [0.3, 0.4) is 0 Å². The lowest BCUT2D eigenvalue weighted by Crippen LogP contribution is -2.39. The molecule has 0 saturated heterocycles. The van der Waals surface area contributed by atoms with Crippen molar-refractivity contribution in [1.82, 2.24) is 20.4 Å². The van der Waals surface area contributed by atoms with Gasteiger partial charge in [0.05, 0.1) is 37.6 Å². The summed E-state index contributed by atoms with van der Waals surface area (Å²) in [6, 6.07) is 5.75. The fraction of sp³-hybridized carbons (Fsp3) is 0.474. The Labute approximate surface area is 153 Å². The van der Waals surface area contributed by atoms with Gasteiger partial charge in [0.15, 0.2) is 0 Å². The van der Waals surface area contributed by atoms with Crippen molar-refractivity contribution >= 4 is 6.03 Å². The third-order valence-corrected chi connectivity index (χ3v) is 4.70. The van der Waals surface area contributed by atoms with Gasteiger partial charge in [-0.15, -0.1) is 0 Å². The number of fused-ring (bicyclic) bond motifs is 1. The molecule has 140 valence electrons. The van der Waals surface area contributed by atoms with Crippen molar-refractivity contribution < 1.29 is 14.3 Å². The van der Waals surface area contributed by atoms with Gasteiger partial charge in [0.2, 0.25) is 5.88 Å². The summed E-state index contributed by atoms with van der Waals surface area (Å²) in [5.74, 6) is 1.56. The molecule has 7 heteroatoms. The number of urea groups is 1. The van der Waals surface area contributed by atoms with Gasteiger partial charge in [-0.3, -0.25) is 0 Å². The van der Waals surface area contributed by atoms with E-state index >= 15 is 0 Å². The van der Waals surface area contributed by atoms with Crippen LogP contribution < -0.4 is 20.1 Å². The molecule has 2 N–H and O–H groups in total. The highest BCUT2D eigenvalue weighted by atomic mass is 16.5. The molecule has 0 saturated carbocycles. The van der Waals surface area contributed by atoms with E-state index < -0.39 is 0 Å². The third-order valence-electron chi connectivity index (χ3n) is 4.70. The second-order valence-corrected chi connectivity index (χ2v) is 6.42. The minimum absolute atomic E-state index is 0.0555. The smallest absolute Gasteiger partial charge is 0.315 e. The third kappa shape index (κ3) is 3.47. The minimum atomic E-state index is -0.211. The molecule has 0 unspecified atom stereocenters. The maximum absolute atomic E-state index is 12.5. The molecule has 0 fully saturated rings. The van der Waals surface area contributed by atoms with Gasteiger partial charge in [-0.1, -0.05) is 25.1 Å². The summed E-state index contributed by atoms with van der Waals surface area (Å²) in [5, 5.41) is 10.4. The Morgan fingerprint density at radius 3 is 3.00 bits per heavy atom. The predicted molar refractivity (Wildman–Crippen MR) is 98.5 cm³/mol. The van der Waals surface area contributed by atoms with Gasteiger partial charge < -0.3 is 20.1 Å². The predicted octanol–water partition coefficient (Wildman–Crippen LogP) is 2.62. The number of aromatic nitrogens is 2. The molecule has 2 aromatic rings. The van der Waals surface area contributed by atoms with E-state index in [0.717, 1.165) is 41.0 Å². The molecule has 7 nitrogen and oxygen atoms in total. The summed E-state index contributed by atoms with van der Waals surface area (Å²) in [5.41, 5.74) is 3.95. The summed E-state index contributed by atoms with van der Waals surface area (Å²) in [7, 11) is 3.45. The molecule has 26 heavy (non-hydrogen) atoms. The summed E-state index contributed by atoms with van der Waals surface area (Å²) >= 11 is 0. The first-order valence-electron chi connectivity index (χ1n) is 8.90. The molecule has 2 heterocycles. The van der Waals surface area contributed by atoms with Crippen molar-refractivity contribution in [2.75, 3.05) is 13.7 Å². The Morgan fingerprint density at radius 1 is 1.46 bits per heavy atom. The highest BCUT2D eigenvalue weighted by Gasteiger charge is 2.24. The first-order valence-corrected chi connectivity index (χ1v) is 8.90. The summed E-state index contributed by atoms with van der Waals surface area (Å²) < 4.78 is 12.9. The zero-order valence-electron chi connectivity index (χ0n) is 15.8. The number of nitrogens with zero attached hydrogens (tertiary/aromatic N) is 2.